The molecular weight excluding hydrogens is 256 g/mol. The Balaban J connectivity index is 2.25. The Kier molecular flexibility index (Phi) is 4.30. The number of aliphatic carboxylic acids is 1. The summed E-state index contributed by atoms with van der Waals surface area (Å²) in [5.74, 6) is -0.665. The Labute approximate surface area is 117 Å². The molecular formula is C15H16N2O3. The molecule has 0 saturated heterocycles. The third kappa shape index (κ3) is 3.32. The number of hydrogen-bond donors (Lipinski definition) is 1. The summed E-state index contributed by atoms with van der Waals surface area (Å²) < 4.78 is 5.14. The van der Waals surface area contributed by atoms with Gasteiger partial charge in [-0.15, -0.1) is 0 Å². The molecule has 1 heterocycles. The van der Waals surface area contributed by atoms with Gasteiger partial charge < -0.3 is 9.84 Å². The monoisotopic (exact) mass is 272 g/mol. The SMILES string of the molecule is COc1cccc(CC(C(=O)O)c2ncc(C)cn2)c1. The van der Waals surface area contributed by atoms with Gasteiger partial charge in [0.1, 0.15) is 17.5 Å². The second kappa shape index (κ2) is 6.14. The molecule has 104 valence electrons. The Morgan fingerprint density at radius 1 is 1.35 bits per heavy atom. The maximum atomic E-state index is 11.4. The number of carboxylic acids is 1. The van der Waals surface area contributed by atoms with E-state index in [1.54, 1.807) is 19.5 Å². The van der Waals surface area contributed by atoms with Crippen molar-refractivity contribution in [3.63, 3.8) is 0 Å². The van der Waals surface area contributed by atoms with Crippen molar-refractivity contribution in [1.82, 2.24) is 9.97 Å². The van der Waals surface area contributed by atoms with Gasteiger partial charge in [0.25, 0.3) is 0 Å². The maximum Gasteiger partial charge on any atom is 0.314 e. The van der Waals surface area contributed by atoms with E-state index < -0.39 is 11.9 Å². The van der Waals surface area contributed by atoms with E-state index in [1.165, 1.54) is 0 Å². The van der Waals surface area contributed by atoms with Crippen LogP contribution in [0.3, 0.4) is 0 Å². The Hall–Kier alpha value is -2.43. The summed E-state index contributed by atoms with van der Waals surface area (Å²) in [5.41, 5.74) is 1.78. The predicted octanol–water partition coefficient (Wildman–Crippen LogP) is 2.20. The Morgan fingerprint density at radius 3 is 2.65 bits per heavy atom. The van der Waals surface area contributed by atoms with Crippen molar-refractivity contribution in [2.75, 3.05) is 7.11 Å². The number of ether oxygens (including phenoxy) is 1. The summed E-state index contributed by atoms with van der Waals surface area (Å²) in [6.07, 6.45) is 3.59. The second-order valence-electron chi connectivity index (χ2n) is 4.57. The molecule has 1 N–H and O–H groups in total. The van der Waals surface area contributed by atoms with Gasteiger partial charge >= 0.3 is 5.97 Å². The summed E-state index contributed by atoms with van der Waals surface area (Å²) in [4.78, 5) is 19.7. The number of rotatable bonds is 5. The van der Waals surface area contributed by atoms with E-state index in [2.05, 4.69) is 9.97 Å². The molecule has 0 fully saturated rings. The Bertz CT molecular complexity index is 596. The Morgan fingerprint density at radius 2 is 2.05 bits per heavy atom. The fourth-order valence-electron chi connectivity index (χ4n) is 1.91. The predicted molar refractivity (Wildman–Crippen MR) is 73.8 cm³/mol. The van der Waals surface area contributed by atoms with E-state index in [0.717, 1.165) is 11.1 Å². The quantitative estimate of drug-likeness (QED) is 0.903. The van der Waals surface area contributed by atoms with Crippen molar-refractivity contribution in [2.24, 2.45) is 0 Å². The van der Waals surface area contributed by atoms with Crippen LogP contribution in [0.2, 0.25) is 0 Å². The lowest BCUT2D eigenvalue weighted by Crippen LogP contribution is -2.17. The first-order valence-corrected chi connectivity index (χ1v) is 6.24. The summed E-state index contributed by atoms with van der Waals surface area (Å²) in [6.45, 7) is 1.86. The summed E-state index contributed by atoms with van der Waals surface area (Å²) in [5, 5.41) is 9.37. The lowest BCUT2D eigenvalue weighted by Gasteiger charge is -2.12. The molecule has 2 rings (SSSR count). The van der Waals surface area contributed by atoms with Crippen LogP contribution in [-0.4, -0.2) is 28.2 Å². The van der Waals surface area contributed by atoms with Gasteiger partial charge in [-0.2, -0.15) is 0 Å². The molecule has 0 radical (unpaired) electrons. The minimum atomic E-state index is -0.934. The smallest absolute Gasteiger partial charge is 0.314 e. The highest BCUT2D eigenvalue weighted by molar-refractivity contribution is 5.75. The number of hydrogen-bond acceptors (Lipinski definition) is 4. The zero-order chi connectivity index (χ0) is 14.5. The minimum Gasteiger partial charge on any atom is -0.497 e. The number of aromatic nitrogens is 2. The van der Waals surface area contributed by atoms with Crippen LogP contribution in [0, 0.1) is 6.92 Å². The molecule has 0 saturated carbocycles. The van der Waals surface area contributed by atoms with Crippen LogP contribution in [-0.2, 0) is 11.2 Å². The van der Waals surface area contributed by atoms with Crippen molar-refractivity contribution >= 4 is 5.97 Å². The van der Waals surface area contributed by atoms with Crippen molar-refractivity contribution in [1.29, 1.82) is 0 Å². The number of methoxy groups -OCH3 is 1. The first kappa shape index (κ1) is 14.0. The molecule has 0 aliphatic carbocycles. The number of carbonyl (C=O) groups is 1. The lowest BCUT2D eigenvalue weighted by molar-refractivity contribution is -0.139. The van der Waals surface area contributed by atoms with E-state index >= 15 is 0 Å². The number of aryl methyl sites for hydroxylation is 1. The van der Waals surface area contributed by atoms with Gasteiger partial charge in [0.2, 0.25) is 0 Å². The average molecular weight is 272 g/mol. The van der Waals surface area contributed by atoms with E-state index in [-0.39, 0.29) is 0 Å². The van der Waals surface area contributed by atoms with Gasteiger partial charge in [0.15, 0.2) is 0 Å². The van der Waals surface area contributed by atoms with Crippen LogP contribution in [0.5, 0.6) is 5.75 Å². The maximum absolute atomic E-state index is 11.4. The van der Waals surface area contributed by atoms with Gasteiger partial charge in [-0.05, 0) is 36.6 Å². The molecule has 1 aromatic carbocycles. The number of carboxylic acid groups (broad SMARTS) is 1. The van der Waals surface area contributed by atoms with Crippen LogP contribution < -0.4 is 4.74 Å². The van der Waals surface area contributed by atoms with Gasteiger partial charge in [-0.1, -0.05) is 12.1 Å². The molecule has 1 unspecified atom stereocenters. The zero-order valence-corrected chi connectivity index (χ0v) is 11.4. The number of nitrogens with zero attached hydrogens (tertiary/aromatic N) is 2. The highest BCUT2D eigenvalue weighted by atomic mass is 16.5. The van der Waals surface area contributed by atoms with Crippen molar-refractivity contribution in [3.8, 4) is 5.75 Å². The van der Waals surface area contributed by atoms with E-state index in [9.17, 15) is 9.90 Å². The zero-order valence-electron chi connectivity index (χ0n) is 11.4. The normalized spacial score (nSPS) is 11.9. The first-order valence-electron chi connectivity index (χ1n) is 6.24. The molecule has 5 nitrogen and oxygen atoms in total. The van der Waals surface area contributed by atoms with Gasteiger partial charge in [0.05, 0.1) is 7.11 Å². The molecule has 20 heavy (non-hydrogen) atoms. The molecule has 1 aromatic heterocycles. The van der Waals surface area contributed by atoms with Crippen LogP contribution in [0.4, 0.5) is 0 Å². The molecule has 0 bridgehead atoms. The largest absolute Gasteiger partial charge is 0.497 e. The van der Waals surface area contributed by atoms with Crippen LogP contribution in [0.1, 0.15) is 22.9 Å². The van der Waals surface area contributed by atoms with Gasteiger partial charge in [-0.25, -0.2) is 9.97 Å². The average Bonchev–Trinajstić information content (AvgIpc) is 2.46. The third-order valence-electron chi connectivity index (χ3n) is 2.98. The summed E-state index contributed by atoms with van der Waals surface area (Å²) in [6, 6.07) is 7.35. The van der Waals surface area contributed by atoms with Gasteiger partial charge in [0, 0.05) is 12.4 Å². The highest BCUT2D eigenvalue weighted by Gasteiger charge is 2.23. The standard InChI is InChI=1S/C15H16N2O3/c1-10-8-16-14(17-9-10)13(15(18)19)7-11-4-3-5-12(6-11)20-2/h3-6,8-9,13H,7H2,1-2H3,(H,18,19). The molecule has 1 atom stereocenters. The third-order valence-corrected chi connectivity index (χ3v) is 2.98. The van der Waals surface area contributed by atoms with Crippen molar-refractivity contribution in [3.05, 3.63) is 53.6 Å². The van der Waals surface area contributed by atoms with Crippen molar-refractivity contribution < 1.29 is 14.6 Å². The molecule has 2 aromatic rings. The molecule has 0 aliphatic heterocycles. The minimum absolute atomic E-state index is 0.325. The highest BCUT2D eigenvalue weighted by Crippen LogP contribution is 2.21. The molecule has 0 aliphatic rings. The van der Waals surface area contributed by atoms with Crippen LogP contribution in [0.25, 0.3) is 0 Å². The number of benzene rings is 1. The first-order chi connectivity index (χ1) is 9.60. The van der Waals surface area contributed by atoms with Crippen molar-refractivity contribution in [2.45, 2.75) is 19.3 Å². The fraction of sp³-hybridized carbons (Fsp3) is 0.267. The van der Waals surface area contributed by atoms with E-state index in [0.29, 0.717) is 18.0 Å². The van der Waals surface area contributed by atoms with E-state index in [1.807, 2.05) is 31.2 Å². The van der Waals surface area contributed by atoms with Crippen LogP contribution in [0.15, 0.2) is 36.7 Å². The molecule has 5 heteroatoms. The van der Waals surface area contributed by atoms with E-state index in [4.69, 9.17) is 4.74 Å². The van der Waals surface area contributed by atoms with Gasteiger partial charge in [-0.3, -0.25) is 4.79 Å². The summed E-state index contributed by atoms with van der Waals surface area (Å²) >= 11 is 0. The topological polar surface area (TPSA) is 72.3 Å². The molecule has 0 amide bonds. The lowest BCUT2D eigenvalue weighted by atomic mass is 9.98. The van der Waals surface area contributed by atoms with Crippen LogP contribution >= 0.6 is 0 Å². The summed E-state index contributed by atoms with van der Waals surface area (Å²) in [7, 11) is 1.58. The molecule has 0 spiro atoms. The second-order valence-corrected chi connectivity index (χ2v) is 4.57. The fourth-order valence-corrected chi connectivity index (χ4v) is 1.91.